The number of anilines is 1. The van der Waals surface area contributed by atoms with E-state index in [1.54, 1.807) is 6.07 Å². The van der Waals surface area contributed by atoms with Crippen LogP contribution in [0.1, 0.15) is 25.0 Å². The van der Waals surface area contributed by atoms with Crippen LogP contribution in [0.4, 0.5) is 11.4 Å². The second-order valence-electron chi connectivity index (χ2n) is 9.14. The summed E-state index contributed by atoms with van der Waals surface area (Å²) >= 11 is 0. The number of rotatable bonds is 8. The predicted octanol–water partition coefficient (Wildman–Crippen LogP) is 2.20. The molecular weight excluding hydrogens is 476 g/mol. The van der Waals surface area contributed by atoms with Gasteiger partial charge in [-0.05, 0) is 17.2 Å². The lowest BCUT2D eigenvalue weighted by Crippen LogP contribution is -2.56. The van der Waals surface area contributed by atoms with Crippen LogP contribution in [-0.2, 0) is 41.7 Å². The summed E-state index contributed by atoms with van der Waals surface area (Å²) in [5.74, 6) is -2.78. The third kappa shape index (κ3) is 5.89. The molecule has 4 rings (SSSR count). The van der Waals surface area contributed by atoms with Gasteiger partial charge in [0.25, 0.3) is 11.8 Å². The van der Waals surface area contributed by atoms with Crippen LogP contribution in [0.15, 0.2) is 48.5 Å². The van der Waals surface area contributed by atoms with Gasteiger partial charge in [0.2, 0.25) is 17.9 Å². The lowest BCUT2D eigenvalue weighted by molar-refractivity contribution is -0.178. The number of carbonyl (C=O) groups excluding carboxylic acids is 4. The zero-order valence-corrected chi connectivity index (χ0v) is 20.7. The molecule has 1 saturated heterocycles. The highest BCUT2D eigenvalue weighted by Gasteiger charge is 2.43. The molecule has 0 saturated carbocycles. The molecule has 192 valence electrons. The maximum absolute atomic E-state index is 13.4. The molecule has 1 fully saturated rings. The van der Waals surface area contributed by atoms with Crippen molar-refractivity contribution in [2.45, 2.75) is 39.1 Å². The first-order valence-corrected chi connectivity index (χ1v) is 12.0. The van der Waals surface area contributed by atoms with E-state index in [9.17, 15) is 19.2 Å². The first-order valence-electron chi connectivity index (χ1n) is 12.0. The minimum absolute atomic E-state index is 0.0941. The van der Waals surface area contributed by atoms with Crippen LogP contribution in [0.2, 0.25) is 0 Å². The molecule has 0 unspecified atom stereocenters. The fraction of sp³-hybridized carbons (Fsp3) is 0.370. The number of nitrogens with one attached hydrogen (secondary N) is 1. The van der Waals surface area contributed by atoms with E-state index in [-0.39, 0.29) is 12.5 Å². The summed E-state index contributed by atoms with van der Waals surface area (Å²) in [5.41, 5.74) is 3.32. The van der Waals surface area contributed by atoms with Crippen molar-refractivity contribution < 1.29 is 28.7 Å². The second kappa shape index (κ2) is 11.1. The minimum atomic E-state index is -1.63. The van der Waals surface area contributed by atoms with Gasteiger partial charge in [-0.1, -0.05) is 42.5 Å². The van der Waals surface area contributed by atoms with E-state index in [4.69, 9.17) is 16.0 Å². The normalized spacial score (nSPS) is 16.0. The fourth-order valence-corrected chi connectivity index (χ4v) is 4.59. The highest BCUT2D eigenvalue weighted by atomic mass is 16.6. The molecule has 2 amide bonds. The lowest BCUT2D eigenvalue weighted by atomic mass is 9.98. The Bertz CT molecular complexity index is 1220. The fourth-order valence-electron chi connectivity index (χ4n) is 4.59. The standard InChI is InChI=1S/C27H28N4O6/c1-17(32)36-24(25(37-18(2)33)27(35)31-15-20-8-4-5-9-21(20)16-31)26(34)29-12-19-13-30(14-19)23-11-7-6-10-22(23)28-3/h4-11,19,24-25H,12-16H2,1-2H3,(H,29,34)/t24-,25-/m1/s1. The maximum Gasteiger partial charge on any atom is 0.303 e. The van der Waals surface area contributed by atoms with Gasteiger partial charge in [0.05, 0.1) is 6.57 Å². The Morgan fingerprint density at radius 3 is 2.11 bits per heavy atom. The van der Waals surface area contributed by atoms with Crippen molar-refractivity contribution in [2.24, 2.45) is 5.92 Å². The zero-order valence-electron chi connectivity index (χ0n) is 20.7. The van der Waals surface area contributed by atoms with Crippen molar-refractivity contribution in [3.05, 3.63) is 71.1 Å². The van der Waals surface area contributed by atoms with Crippen LogP contribution in [-0.4, -0.2) is 60.5 Å². The monoisotopic (exact) mass is 504 g/mol. The Kier molecular flexibility index (Phi) is 7.72. The van der Waals surface area contributed by atoms with E-state index in [1.165, 1.54) is 4.90 Å². The van der Waals surface area contributed by atoms with Gasteiger partial charge in [0.1, 0.15) is 0 Å². The lowest BCUT2D eigenvalue weighted by Gasteiger charge is -2.42. The van der Waals surface area contributed by atoms with E-state index >= 15 is 0 Å². The molecule has 2 heterocycles. The SMILES string of the molecule is [C-]#[N+]c1ccccc1N1CC(CNC(=O)[C@H](OC(C)=O)[C@@H](OC(C)=O)C(=O)N2Cc3ccccc3C2)C1. The van der Waals surface area contributed by atoms with Gasteiger partial charge < -0.3 is 24.6 Å². The number of benzene rings is 2. The predicted molar refractivity (Wildman–Crippen MR) is 133 cm³/mol. The van der Waals surface area contributed by atoms with Gasteiger partial charge in [0, 0.05) is 58.2 Å². The number of para-hydroxylation sites is 2. The minimum Gasteiger partial charge on any atom is -0.448 e. The van der Waals surface area contributed by atoms with Crippen LogP contribution in [0.3, 0.4) is 0 Å². The molecule has 0 aliphatic carbocycles. The average molecular weight is 505 g/mol. The maximum atomic E-state index is 13.4. The van der Waals surface area contributed by atoms with Gasteiger partial charge in [-0.3, -0.25) is 19.2 Å². The molecule has 10 heteroatoms. The van der Waals surface area contributed by atoms with Gasteiger partial charge in [-0.15, -0.1) is 0 Å². The number of hydrogen-bond donors (Lipinski definition) is 1. The Hall–Kier alpha value is -4.39. The van der Waals surface area contributed by atoms with Crippen molar-refractivity contribution >= 4 is 35.1 Å². The Balaban J connectivity index is 1.41. The quantitative estimate of drug-likeness (QED) is 0.434. The van der Waals surface area contributed by atoms with Crippen molar-refractivity contribution in [1.29, 1.82) is 0 Å². The molecular formula is C27H28N4O6. The molecule has 0 bridgehead atoms. The summed E-state index contributed by atoms with van der Waals surface area (Å²) in [6.07, 6.45) is -3.24. The second-order valence-corrected chi connectivity index (χ2v) is 9.14. The summed E-state index contributed by atoms with van der Waals surface area (Å²) in [7, 11) is 0. The summed E-state index contributed by atoms with van der Waals surface area (Å²) in [4.78, 5) is 57.3. The number of fused-ring (bicyclic) bond motifs is 1. The largest absolute Gasteiger partial charge is 0.448 e. The number of nitrogens with zero attached hydrogens (tertiary/aromatic N) is 3. The van der Waals surface area contributed by atoms with E-state index in [2.05, 4.69) is 10.2 Å². The molecule has 37 heavy (non-hydrogen) atoms. The number of amides is 2. The molecule has 0 spiro atoms. The zero-order chi connectivity index (χ0) is 26.5. The Morgan fingerprint density at radius 1 is 0.946 bits per heavy atom. The molecule has 10 nitrogen and oxygen atoms in total. The highest BCUT2D eigenvalue weighted by Crippen LogP contribution is 2.33. The molecule has 2 aromatic rings. The van der Waals surface area contributed by atoms with Crippen molar-refractivity contribution in [3.63, 3.8) is 0 Å². The molecule has 1 N–H and O–H groups in total. The first-order chi connectivity index (χ1) is 17.8. The summed E-state index contributed by atoms with van der Waals surface area (Å²) < 4.78 is 10.5. The number of carbonyl (C=O) groups is 4. The number of ether oxygens (including phenoxy) is 2. The molecule has 2 aliphatic heterocycles. The van der Waals surface area contributed by atoms with Crippen LogP contribution in [0, 0.1) is 12.5 Å². The topological polar surface area (TPSA) is 110 Å². The molecule has 0 radical (unpaired) electrons. The van der Waals surface area contributed by atoms with E-state index in [0.29, 0.717) is 31.9 Å². The van der Waals surface area contributed by atoms with Crippen molar-refractivity contribution in [3.8, 4) is 0 Å². The first kappa shape index (κ1) is 25.7. The molecule has 2 aliphatic rings. The van der Waals surface area contributed by atoms with E-state index in [0.717, 1.165) is 30.7 Å². The van der Waals surface area contributed by atoms with Crippen LogP contribution < -0.4 is 10.2 Å². The van der Waals surface area contributed by atoms with Crippen LogP contribution in [0.25, 0.3) is 4.85 Å². The van der Waals surface area contributed by atoms with Gasteiger partial charge in [0.15, 0.2) is 0 Å². The van der Waals surface area contributed by atoms with E-state index < -0.39 is 36.0 Å². The number of hydrogen-bond acceptors (Lipinski definition) is 7. The van der Waals surface area contributed by atoms with Gasteiger partial charge in [-0.25, -0.2) is 4.85 Å². The van der Waals surface area contributed by atoms with Crippen molar-refractivity contribution in [2.75, 3.05) is 24.5 Å². The highest BCUT2D eigenvalue weighted by molar-refractivity contribution is 5.93. The smallest absolute Gasteiger partial charge is 0.303 e. The van der Waals surface area contributed by atoms with Gasteiger partial charge >= 0.3 is 11.9 Å². The van der Waals surface area contributed by atoms with Crippen LogP contribution >= 0.6 is 0 Å². The third-order valence-electron chi connectivity index (χ3n) is 6.38. The molecule has 2 aromatic carbocycles. The van der Waals surface area contributed by atoms with E-state index in [1.807, 2.05) is 47.4 Å². The summed E-state index contributed by atoms with van der Waals surface area (Å²) in [6, 6.07) is 14.9. The van der Waals surface area contributed by atoms with Crippen molar-refractivity contribution in [1.82, 2.24) is 10.2 Å². The third-order valence-corrected chi connectivity index (χ3v) is 6.38. The molecule has 2 atom stereocenters. The number of esters is 2. The summed E-state index contributed by atoms with van der Waals surface area (Å²) in [6.45, 7) is 11.7. The Labute approximate surface area is 214 Å². The van der Waals surface area contributed by atoms with Gasteiger partial charge in [-0.2, -0.15) is 0 Å². The Morgan fingerprint density at radius 2 is 1.51 bits per heavy atom. The molecule has 0 aromatic heterocycles. The summed E-state index contributed by atoms with van der Waals surface area (Å²) in [5, 5.41) is 2.74. The van der Waals surface area contributed by atoms with Crippen LogP contribution in [0.5, 0.6) is 0 Å². The average Bonchev–Trinajstić information content (AvgIpc) is 3.29.